The van der Waals surface area contributed by atoms with Gasteiger partial charge in [0, 0.05) is 12.8 Å². The Morgan fingerprint density at radius 1 is 1.64 bits per heavy atom. The van der Waals surface area contributed by atoms with Gasteiger partial charge in [0.2, 0.25) is 0 Å². The quantitative estimate of drug-likeness (QED) is 0.444. The lowest BCUT2D eigenvalue weighted by Gasteiger charge is -1.98. The third-order valence-electron chi connectivity index (χ3n) is 1.97. The van der Waals surface area contributed by atoms with E-state index >= 15 is 0 Å². The molecule has 0 saturated heterocycles. The summed E-state index contributed by atoms with van der Waals surface area (Å²) in [6, 6.07) is 0. The topological polar surface area (TPSA) is 34.1 Å². The van der Waals surface area contributed by atoms with Gasteiger partial charge in [-0.25, -0.2) is 0 Å². The zero-order valence-electron chi connectivity index (χ0n) is 6.67. The molecule has 11 heavy (non-hydrogen) atoms. The van der Waals surface area contributed by atoms with Crippen molar-refractivity contribution in [3.63, 3.8) is 0 Å². The molecule has 0 N–H and O–H groups in total. The van der Waals surface area contributed by atoms with Crippen LogP contribution in [0.5, 0.6) is 0 Å². The van der Waals surface area contributed by atoms with Gasteiger partial charge in [0.25, 0.3) is 0 Å². The predicted octanol–water partition coefficient (Wildman–Crippen LogP) is 1.50. The molecule has 60 valence electrons. The highest BCUT2D eigenvalue weighted by Crippen LogP contribution is 2.23. The van der Waals surface area contributed by atoms with Crippen molar-refractivity contribution >= 4 is 12.1 Å². The summed E-state index contributed by atoms with van der Waals surface area (Å²) in [6.07, 6.45) is 4.98. The van der Waals surface area contributed by atoms with Crippen molar-refractivity contribution in [2.75, 3.05) is 0 Å². The number of carbonyl (C=O) groups is 2. The lowest BCUT2D eigenvalue weighted by Crippen LogP contribution is -1.92. The van der Waals surface area contributed by atoms with Crippen LogP contribution in [0.4, 0.5) is 0 Å². The molecular weight excluding hydrogens is 140 g/mol. The first-order chi connectivity index (χ1) is 5.22. The SMILES string of the molecule is CC(C=O)=CC1CCC(=O)C1. The Balaban J connectivity index is 2.51. The van der Waals surface area contributed by atoms with E-state index < -0.39 is 0 Å². The number of rotatable bonds is 2. The van der Waals surface area contributed by atoms with Crippen molar-refractivity contribution in [3.05, 3.63) is 11.6 Å². The molecule has 0 radical (unpaired) electrons. The Morgan fingerprint density at radius 3 is 2.82 bits per heavy atom. The van der Waals surface area contributed by atoms with Crippen LogP contribution in [-0.4, -0.2) is 12.1 Å². The van der Waals surface area contributed by atoms with E-state index in [0.29, 0.717) is 24.5 Å². The van der Waals surface area contributed by atoms with Gasteiger partial charge in [-0.3, -0.25) is 9.59 Å². The Hall–Kier alpha value is -0.920. The summed E-state index contributed by atoms with van der Waals surface area (Å²) in [6.45, 7) is 1.77. The number of aldehydes is 1. The van der Waals surface area contributed by atoms with E-state index in [1.165, 1.54) is 0 Å². The van der Waals surface area contributed by atoms with Crippen LogP contribution in [0.2, 0.25) is 0 Å². The second kappa shape index (κ2) is 3.46. The van der Waals surface area contributed by atoms with Gasteiger partial charge in [-0.1, -0.05) is 6.08 Å². The molecule has 0 aromatic carbocycles. The van der Waals surface area contributed by atoms with Crippen LogP contribution in [0.25, 0.3) is 0 Å². The largest absolute Gasteiger partial charge is 0.300 e. The molecule has 1 atom stereocenters. The lowest BCUT2D eigenvalue weighted by atomic mass is 10.1. The second-order valence-electron chi connectivity index (χ2n) is 3.07. The summed E-state index contributed by atoms with van der Waals surface area (Å²) in [7, 11) is 0. The Labute approximate surface area is 66.3 Å². The molecule has 1 saturated carbocycles. The van der Waals surface area contributed by atoms with E-state index in [4.69, 9.17) is 0 Å². The molecular formula is C9H12O2. The number of carbonyl (C=O) groups excluding carboxylic acids is 2. The zero-order valence-corrected chi connectivity index (χ0v) is 6.67. The fraction of sp³-hybridized carbons (Fsp3) is 0.556. The summed E-state index contributed by atoms with van der Waals surface area (Å²) in [4.78, 5) is 21.0. The normalized spacial score (nSPS) is 25.7. The minimum atomic E-state index is 0.324. The van der Waals surface area contributed by atoms with E-state index in [-0.39, 0.29) is 0 Å². The van der Waals surface area contributed by atoms with E-state index in [1.807, 2.05) is 6.08 Å². The molecule has 1 fully saturated rings. The van der Waals surface area contributed by atoms with Crippen LogP contribution < -0.4 is 0 Å². The number of hydrogen-bond acceptors (Lipinski definition) is 2. The molecule has 0 aliphatic heterocycles. The number of ketones is 1. The Kier molecular flexibility index (Phi) is 2.58. The molecule has 0 spiro atoms. The van der Waals surface area contributed by atoms with Gasteiger partial charge in [-0.15, -0.1) is 0 Å². The monoisotopic (exact) mass is 152 g/mol. The molecule has 0 bridgehead atoms. The number of hydrogen-bond donors (Lipinski definition) is 0. The van der Waals surface area contributed by atoms with E-state index in [1.54, 1.807) is 6.92 Å². The van der Waals surface area contributed by atoms with Crippen molar-refractivity contribution in [2.45, 2.75) is 26.2 Å². The fourth-order valence-corrected chi connectivity index (χ4v) is 1.40. The highest BCUT2D eigenvalue weighted by Gasteiger charge is 2.19. The van der Waals surface area contributed by atoms with Crippen LogP contribution in [0.1, 0.15) is 26.2 Å². The molecule has 1 aliphatic rings. The highest BCUT2D eigenvalue weighted by molar-refractivity contribution is 5.81. The first-order valence-corrected chi connectivity index (χ1v) is 3.87. The second-order valence-corrected chi connectivity index (χ2v) is 3.07. The first kappa shape index (κ1) is 8.18. The summed E-state index contributed by atoms with van der Waals surface area (Å²) in [5.74, 6) is 0.651. The van der Waals surface area contributed by atoms with Crippen molar-refractivity contribution in [2.24, 2.45) is 5.92 Å². The van der Waals surface area contributed by atoms with Gasteiger partial charge in [-0.05, 0) is 24.8 Å². The van der Waals surface area contributed by atoms with Gasteiger partial charge in [0.15, 0.2) is 0 Å². The maximum absolute atomic E-state index is 10.8. The third kappa shape index (κ3) is 2.30. The molecule has 0 amide bonds. The van der Waals surface area contributed by atoms with Crippen LogP contribution in [0.15, 0.2) is 11.6 Å². The van der Waals surface area contributed by atoms with E-state index in [2.05, 4.69) is 0 Å². The molecule has 2 nitrogen and oxygen atoms in total. The molecule has 0 aromatic heterocycles. The molecule has 1 unspecified atom stereocenters. The van der Waals surface area contributed by atoms with Crippen molar-refractivity contribution in [3.8, 4) is 0 Å². The van der Waals surface area contributed by atoms with Gasteiger partial charge in [-0.2, -0.15) is 0 Å². The van der Waals surface area contributed by atoms with Gasteiger partial charge in [0.1, 0.15) is 12.1 Å². The van der Waals surface area contributed by atoms with Crippen LogP contribution in [0, 0.1) is 5.92 Å². The van der Waals surface area contributed by atoms with Gasteiger partial charge < -0.3 is 0 Å². The summed E-state index contributed by atoms with van der Waals surface area (Å²) in [5, 5.41) is 0. The van der Waals surface area contributed by atoms with Crippen molar-refractivity contribution < 1.29 is 9.59 Å². The molecule has 2 heteroatoms. The smallest absolute Gasteiger partial charge is 0.145 e. The molecule has 0 heterocycles. The highest BCUT2D eigenvalue weighted by atomic mass is 16.1. The minimum Gasteiger partial charge on any atom is -0.300 e. The molecule has 1 aliphatic carbocycles. The van der Waals surface area contributed by atoms with Gasteiger partial charge >= 0.3 is 0 Å². The zero-order chi connectivity index (χ0) is 8.27. The molecule has 0 aromatic rings. The van der Waals surface area contributed by atoms with Crippen LogP contribution in [0.3, 0.4) is 0 Å². The van der Waals surface area contributed by atoms with Gasteiger partial charge in [0.05, 0.1) is 0 Å². The van der Waals surface area contributed by atoms with Crippen molar-refractivity contribution in [1.82, 2.24) is 0 Å². The summed E-state index contributed by atoms with van der Waals surface area (Å²) >= 11 is 0. The maximum Gasteiger partial charge on any atom is 0.145 e. The average molecular weight is 152 g/mol. The maximum atomic E-state index is 10.8. The Morgan fingerprint density at radius 2 is 2.36 bits per heavy atom. The number of allylic oxidation sites excluding steroid dienone is 2. The van der Waals surface area contributed by atoms with E-state index in [9.17, 15) is 9.59 Å². The Bertz CT molecular complexity index is 204. The first-order valence-electron chi connectivity index (χ1n) is 3.87. The minimum absolute atomic E-state index is 0.324. The average Bonchev–Trinajstić information content (AvgIpc) is 2.35. The van der Waals surface area contributed by atoms with Crippen molar-refractivity contribution in [1.29, 1.82) is 0 Å². The fourth-order valence-electron chi connectivity index (χ4n) is 1.40. The lowest BCUT2D eigenvalue weighted by molar-refractivity contribution is -0.117. The predicted molar refractivity (Wildman–Crippen MR) is 42.2 cm³/mol. The summed E-state index contributed by atoms with van der Waals surface area (Å²) in [5.41, 5.74) is 0.740. The third-order valence-corrected chi connectivity index (χ3v) is 1.97. The van der Waals surface area contributed by atoms with E-state index in [0.717, 1.165) is 18.3 Å². The standard InChI is InChI=1S/C9H12O2/c1-7(6-10)4-8-2-3-9(11)5-8/h4,6,8H,2-3,5H2,1H3. The van der Waals surface area contributed by atoms with Crippen LogP contribution >= 0.6 is 0 Å². The summed E-state index contributed by atoms with van der Waals surface area (Å²) < 4.78 is 0. The number of Topliss-reactive ketones (excluding diaryl/α,β-unsaturated/α-hetero) is 1. The molecule has 1 rings (SSSR count). The van der Waals surface area contributed by atoms with Crippen LogP contribution in [-0.2, 0) is 9.59 Å².